The van der Waals surface area contributed by atoms with Crippen molar-refractivity contribution in [1.29, 1.82) is 0 Å². The Hall–Kier alpha value is -3.53. The SMILES string of the molecule is CCOc1cccc(OC=C(C)C(=Nc2ccccc2)Oc2ccccc2)c1. The fourth-order valence-electron chi connectivity index (χ4n) is 2.42. The van der Waals surface area contributed by atoms with E-state index in [4.69, 9.17) is 14.2 Å². The Morgan fingerprint density at radius 2 is 1.46 bits per heavy atom. The van der Waals surface area contributed by atoms with Gasteiger partial charge in [-0.1, -0.05) is 42.5 Å². The van der Waals surface area contributed by atoms with Gasteiger partial charge in [0.15, 0.2) is 0 Å². The van der Waals surface area contributed by atoms with E-state index in [0.29, 0.717) is 24.0 Å². The number of para-hydroxylation sites is 2. The lowest BCUT2D eigenvalue weighted by atomic mass is 10.3. The molecule has 0 N–H and O–H groups in total. The Morgan fingerprint density at radius 3 is 2.18 bits per heavy atom. The molecule has 0 spiro atoms. The molecule has 3 aromatic carbocycles. The molecular formula is C24H23NO3. The first-order valence-corrected chi connectivity index (χ1v) is 9.18. The predicted molar refractivity (Wildman–Crippen MR) is 113 cm³/mol. The highest BCUT2D eigenvalue weighted by Crippen LogP contribution is 2.21. The normalized spacial score (nSPS) is 11.8. The summed E-state index contributed by atoms with van der Waals surface area (Å²) < 4.78 is 17.3. The quantitative estimate of drug-likeness (QED) is 0.282. The lowest BCUT2D eigenvalue weighted by Gasteiger charge is -2.10. The van der Waals surface area contributed by atoms with Gasteiger partial charge < -0.3 is 14.2 Å². The molecule has 0 heterocycles. The van der Waals surface area contributed by atoms with Crippen LogP contribution in [-0.4, -0.2) is 12.5 Å². The summed E-state index contributed by atoms with van der Waals surface area (Å²) in [6.07, 6.45) is 1.63. The minimum atomic E-state index is 0.471. The largest absolute Gasteiger partial charge is 0.494 e. The van der Waals surface area contributed by atoms with Gasteiger partial charge in [0.05, 0.1) is 18.6 Å². The van der Waals surface area contributed by atoms with Crippen molar-refractivity contribution in [3.8, 4) is 17.2 Å². The summed E-state index contributed by atoms with van der Waals surface area (Å²) in [6.45, 7) is 4.46. The summed E-state index contributed by atoms with van der Waals surface area (Å²) in [5.41, 5.74) is 1.56. The van der Waals surface area contributed by atoms with Crippen molar-refractivity contribution in [1.82, 2.24) is 0 Å². The van der Waals surface area contributed by atoms with Crippen LogP contribution in [0.3, 0.4) is 0 Å². The van der Waals surface area contributed by atoms with Gasteiger partial charge in [-0.15, -0.1) is 0 Å². The van der Waals surface area contributed by atoms with Gasteiger partial charge in [0, 0.05) is 11.6 Å². The number of benzene rings is 3. The van der Waals surface area contributed by atoms with E-state index >= 15 is 0 Å². The van der Waals surface area contributed by atoms with E-state index in [9.17, 15) is 0 Å². The van der Waals surface area contributed by atoms with Crippen LogP contribution in [0.15, 0.2) is 102 Å². The second kappa shape index (κ2) is 9.97. The molecule has 0 aliphatic carbocycles. The van der Waals surface area contributed by atoms with Gasteiger partial charge in [-0.3, -0.25) is 0 Å². The van der Waals surface area contributed by atoms with Crippen molar-refractivity contribution in [3.63, 3.8) is 0 Å². The van der Waals surface area contributed by atoms with Crippen molar-refractivity contribution in [3.05, 3.63) is 96.8 Å². The van der Waals surface area contributed by atoms with E-state index in [-0.39, 0.29) is 0 Å². The summed E-state index contributed by atoms with van der Waals surface area (Å²) >= 11 is 0. The molecule has 0 aliphatic heterocycles. The summed E-state index contributed by atoms with van der Waals surface area (Å²) in [7, 11) is 0. The first kappa shape index (κ1) is 19.2. The minimum Gasteiger partial charge on any atom is -0.494 e. The molecule has 0 aromatic heterocycles. The molecule has 0 unspecified atom stereocenters. The summed E-state index contributed by atoms with van der Waals surface area (Å²) in [6, 6.07) is 26.7. The number of rotatable bonds is 7. The lowest BCUT2D eigenvalue weighted by molar-refractivity contribution is 0.338. The Morgan fingerprint density at radius 1 is 0.821 bits per heavy atom. The zero-order chi connectivity index (χ0) is 19.6. The van der Waals surface area contributed by atoms with Gasteiger partial charge in [-0.05, 0) is 50.2 Å². The first-order chi connectivity index (χ1) is 13.7. The highest BCUT2D eigenvalue weighted by Gasteiger charge is 2.08. The maximum Gasteiger partial charge on any atom is 0.225 e. The van der Waals surface area contributed by atoms with Crippen molar-refractivity contribution in [2.24, 2.45) is 4.99 Å². The fraction of sp³-hybridized carbons (Fsp3) is 0.125. The molecule has 0 fully saturated rings. The molecule has 28 heavy (non-hydrogen) atoms. The third kappa shape index (κ3) is 5.74. The monoisotopic (exact) mass is 373 g/mol. The van der Waals surface area contributed by atoms with Crippen LogP contribution in [0.4, 0.5) is 5.69 Å². The van der Waals surface area contributed by atoms with Crippen molar-refractivity contribution in [2.75, 3.05) is 6.61 Å². The number of aliphatic imine (C=N–C) groups is 1. The van der Waals surface area contributed by atoms with E-state index in [0.717, 1.165) is 17.0 Å². The average molecular weight is 373 g/mol. The van der Waals surface area contributed by atoms with E-state index in [1.54, 1.807) is 6.26 Å². The molecular weight excluding hydrogens is 350 g/mol. The van der Waals surface area contributed by atoms with Crippen LogP contribution in [0, 0.1) is 0 Å². The van der Waals surface area contributed by atoms with Crippen LogP contribution in [0.25, 0.3) is 0 Å². The molecule has 0 saturated heterocycles. The summed E-state index contributed by atoms with van der Waals surface area (Å²) in [5.74, 6) is 2.63. The minimum absolute atomic E-state index is 0.471. The van der Waals surface area contributed by atoms with Crippen LogP contribution < -0.4 is 14.2 Å². The van der Waals surface area contributed by atoms with Crippen molar-refractivity contribution >= 4 is 11.6 Å². The molecule has 0 radical (unpaired) electrons. The molecule has 0 saturated carbocycles. The molecule has 3 aromatic rings. The molecule has 4 nitrogen and oxygen atoms in total. The molecule has 142 valence electrons. The Labute approximate surface area is 165 Å². The van der Waals surface area contributed by atoms with Gasteiger partial charge in [0.25, 0.3) is 0 Å². The van der Waals surface area contributed by atoms with E-state index < -0.39 is 0 Å². The van der Waals surface area contributed by atoms with Crippen LogP contribution in [0.5, 0.6) is 17.2 Å². The van der Waals surface area contributed by atoms with Crippen molar-refractivity contribution in [2.45, 2.75) is 13.8 Å². The second-order valence-electron chi connectivity index (χ2n) is 5.99. The molecule has 3 rings (SSSR count). The molecule has 0 atom stereocenters. The van der Waals surface area contributed by atoms with Gasteiger partial charge in [-0.25, -0.2) is 4.99 Å². The first-order valence-electron chi connectivity index (χ1n) is 9.18. The number of ether oxygens (including phenoxy) is 3. The third-order valence-corrected chi connectivity index (χ3v) is 3.77. The van der Waals surface area contributed by atoms with Crippen molar-refractivity contribution < 1.29 is 14.2 Å². The summed E-state index contributed by atoms with van der Waals surface area (Å²) in [5, 5.41) is 0. The molecule has 4 heteroatoms. The van der Waals surface area contributed by atoms with E-state index in [2.05, 4.69) is 4.99 Å². The zero-order valence-electron chi connectivity index (χ0n) is 16.0. The smallest absolute Gasteiger partial charge is 0.225 e. The molecule has 0 bridgehead atoms. The lowest BCUT2D eigenvalue weighted by Crippen LogP contribution is -2.10. The van der Waals surface area contributed by atoms with Gasteiger partial charge in [0.1, 0.15) is 17.2 Å². The van der Waals surface area contributed by atoms with Gasteiger partial charge in [0.2, 0.25) is 5.90 Å². The Bertz CT molecular complexity index is 934. The van der Waals surface area contributed by atoms with Crippen LogP contribution in [0.2, 0.25) is 0 Å². The average Bonchev–Trinajstić information content (AvgIpc) is 2.74. The number of hydrogen-bond donors (Lipinski definition) is 0. The van der Waals surface area contributed by atoms with Crippen LogP contribution in [-0.2, 0) is 0 Å². The third-order valence-electron chi connectivity index (χ3n) is 3.77. The zero-order valence-corrected chi connectivity index (χ0v) is 16.0. The van der Waals surface area contributed by atoms with Gasteiger partial charge >= 0.3 is 0 Å². The standard InChI is InChI=1S/C24H23NO3/c1-3-26-22-15-10-16-23(17-22)27-18-19(2)24(25-20-11-6-4-7-12-20)28-21-13-8-5-9-14-21/h4-18H,3H2,1-2H3. The van der Waals surface area contributed by atoms with E-state index in [1.807, 2.05) is 98.8 Å². The maximum atomic E-state index is 6.01. The van der Waals surface area contributed by atoms with E-state index in [1.165, 1.54) is 0 Å². The Kier molecular flexibility index (Phi) is 6.85. The molecule has 0 aliphatic rings. The maximum absolute atomic E-state index is 6.01. The highest BCUT2D eigenvalue weighted by molar-refractivity contribution is 5.96. The highest BCUT2D eigenvalue weighted by atomic mass is 16.5. The number of hydrogen-bond acceptors (Lipinski definition) is 4. The van der Waals surface area contributed by atoms with Crippen LogP contribution >= 0.6 is 0 Å². The molecule has 0 amide bonds. The summed E-state index contributed by atoms with van der Waals surface area (Å²) in [4.78, 5) is 4.63. The predicted octanol–water partition coefficient (Wildman–Crippen LogP) is 6.18. The second-order valence-corrected chi connectivity index (χ2v) is 5.99. The van der Waals surface area contributed by atoms with Crippen LogP contribution in [0.1, 0.15) is 13.8 Å². The topological polar surface area (TPSA) is 40.0 Å². The Balaban J connectivity index is 1.83. The number of nitrogens with zero attached hydrogens (tertiary/aromatic N) is 1. The fourth-order valence-corrected chi connectivity index (χ4v) is 2.42. The van der Waals surface area contributed by atoms with Gasteiger partial charge in [-0.2, -0.15) is 0 Å².